The van der Waals surface area contributed by atoms with Gasteiger partial charge in [-0.2, -0.15) is 0 Å². The lowest BCUT2D eigenvalue weighted by Crippen LogP contribution is -2.32. The maximum atomic E-state index is 12.7. The SMILES string of the molecule is CCCCCCOc1cc2c(cc1NC(C)=O)C(=O)N(CCC(=O)OCC)C2=O. The zero-order valence-corrected chi connectivity index (χ0v) is 17.2. The first kappa shape index (κ1) is 22.4. The number of fused-ring (bicyclic) bond motifs is 1. The Kier molecular flexibility index (Phi) is 8.18. The van der Waals surface area contributed by atoms with E-state index in [0.717, 1.165) is 30.6 Å². The van der Waals surface area contributed by atoms with E-state index in [1.54, 1.807) is 6.92 Å². The Morgan fingerprint density at radius 1 is 1.03 bits per heavy atom. The van der Waals surface area contributed by atoms with Crippen LogP contribution in [-0.2, 0) is 14.3 Å². The highest BCUT2D eigenvalue weighted by Gasteiger charge is 2.37. The molecule has 1 aliphatic heterocycles. The summed E-state index contributed by atoms with van der Waals surface area (Å²) >= 11 is 0. The Labute approximate surface area is 170 Å². The number of hydrogen-bond acceptors (Lipinski definition) is 6. The van der Waals surface area contributed by atoms with Crippen LogP contribution in [0.25, 0.3) is 0 Å². The monoisotopic (exact) mass is 404 g/mol. The third-order valence-corrected chi connectivity index (χ3v) is 4.48. The third kappa shape index (κ3) is 5.79. The average Bonchev–Trinajstić information content (AvgIpc) is 2.89. The van der Waals surface area contributed by atoms with Gasteiger partial charge >= 0.3 is 5.97 Å². The van der Waals surface area contributed by atoms with Crippen molar-refractivity contribution in [3.05, 3.63) is 23.3 Å². The molecule has 1 aliphatic rings. The van der Waals surface area contributed by atoms with E-state index < -0.39 is 17.8 Å². The largest absolute Gasteiger partial charge is 0.491 e. The number of ether oxygens (including phenoxy) is 2. The van der Waals surface area contributed by atoms with Crippen LogP contribution in [0.4, 0.5) is 5.69 Å². The highest BCUT2D eigenvalue weighted by atomic mass is 16.5. The molecule has 0 radical (unpaired) electrons. The predicted octanol–water partition coefficient (Wildman–Crippen LogP) is 3.15. The number of hydrogen-bond donors (Lipinski definition) is 1. The lowest BCUT2D eigenvalue weighted by atomic mass is 10.1. The number of esters is 1. The number of nitrogens with zero attached hydrogens (tertiary/aromatic N) is 1. The van der Waals surface area contributed by atoms with Crippen molar-refractivity contribution in [1.82, 2.24) is 4.90 Å². The fourth-order valence-corrected chi connectivity index (χ4v) is 3.07. The summed E-state index contributed by atoms with van der Waals surface area (Å²) in [5.41, 5.74) is 0.734. The van der Waals surface area contributed by atoms with E-state index in [1.165, 1.54) is 19.1 Å². The van der Waals surface area contributed by atoms with Gasteiger partial charge in [-0.3, -0.25) is 24.1 Å². The zero-order valence-electron chi connectivity index (χ0n) is 17.2. The minimum Gasteiger partial charge on any atom is -0.491 e. The first-order valence-corrected chi connectivity index (χ1v) is 9.99. The lowest BCUT2D eigenvalue weighted by molar-refractivity contribution is -0.143. The normalized spacial score (nSPS) is 12.7. The van der Waals surface area contributed by atoms with E-state index in [1.807, 2.05) is 0 Å². The second kappa shape index (κ2) is 10.6. The van der Waals surface area contributed by atoms with Crippen LogP contribution < -0.4 is 10.1 Å². The molecule has 0 saturated carbocycles. The standard InChI is InChI=1S/C21H28N2O6/c1-4-6-7-8-11-29-18-13-16-15(12-17(18)22-14(3)24)20(26)23(21(16)27)10-9-19(25)28-5-2/h12-13H,4-11H2,1-3H3,(H,22,24). The van der Waals surface area contributed by atoms with Gasteiger partial charge in [0.1, 0.15) is 5.75 Å². The highest BCUT2D eigenvalue weighted by Crippen LogP contribution is 2.34. The van der Waals surface area contributed by atoms with Crippen LogP contribution in [-0.4, -0.2) is 48.3 Å². The lowest BCUT2D eigenvalue weighted by Gasteiger charge is -2.13. The van der Waals surface area contributed by atoms with Gasteiger partial charge in [0.05, 0.1) is 36.4 Å². The number of carbonyl (C=O) groups excluding carboxylic acids is 4. The zero-order chi connectivity index (χ0) is 21.4. The smallest absolute Gasteiger partial charge is 0.307 e. The summed E-state index contributed by atoms with van der Waals surface area (Å²) < 4.78 is 10.6. The predicted molar refractivity (Wildman–Crippen MR) is 107 cm³/mol. The molecular weight excluding hydrogens is 376 g/mol. The van der Waals surface area contributed by atoms with E-state index >= 15 is 0 Å². The molecule has 8 nitrogen and oxygen atoms in total. The Hall–Kier alpha value is -2.90. The molecule has 1 N–H and O–H groups in total. The molecule has 0 saturated heterocycles. The van der Waals surface area contributed by atoms with Crippen molar-refractivity contribution in [2.45, 2.75) is 52.9 Å². The Morgan fingerprint density at radius 2 is 1.72 bits per heavy atom. The summed E-state index contributed by atoms with van der Waals surface area (Å²) in [7, 11) is 0. The molecule has 2 rings (SSSR count). The molecule has 1 aromatic carbocycles. The van der Waals surface area contributed by atoms with Crippen molar-refractivity contribution in [2.75, 3.05) is 25.1 Å². The number of anilines is 1. The molecule has 0 unspecified atom stereocenters. The summed E-state index contributed by atoms with van der Waals surface area (Å²) in [6.07, 6.45) is 4.01. The summed E-state index contributed by atoms with van der Waals surface area (Å²) in [6.45, 7) is 5.78. The van der Waals surface area contributed by atoms with Crippen molar-refractivity contribution in [1.29, 1.82) is 0 Å². The first-order chi connectivity index (χ1) is 13.9. The number of amides is 3. The minimum atomic E-state index is -0.504. The molecule has 0 spiro atoms. The van der Waals surface area contributed by atoms with Crippen LogP contribution in [0.2, 0.25) is 0 Å². The third-order valence-electron chi connectivity index (χ3n) is 4.48. The fourth-order valence-electron chi connectivity index (χ4n) is 3.07. The molecule has 1 aromatic rings. The second-order valence-corrected chi connectivity index (χ2v) is 6.80. The van der Waals surface area contributed by atoms with Gasteiger partial charge in [0.15, 0.2) is 0 Å². The number of unbranched alkanes of at least 4 members (excludes halogenated alkanes) is 3. The van der Waals surface area contributed by atoms with Gasteiger partial charge in [-0.15, -0.1) is 0 Å². The van der Waals surface area contributed by atoms with E-state index in [0.29, 0.717) is 18.0 Å². The van der Waals surface area contributed by atoms with Gasteiger partial charge in [-0.05, 0) is 25.5 Å². The maximum Gasteiger partial charge on any atom is 0.307 e. The molecule has 0 aliphatic carbocycles. The van der Waals surface area contributed by atoms with Crippen LogP contribution in [0.1, 0.15) is 73.6 Å². The summed E-state index contributed by atoms with van der Waals surface area (Å²) in [5, 5.41) is 2.65. The van der Waals surface area contributed by atoms with Gasteiger partial charge < -0.3 is 14.8 Å². The van der Waals surface area contributed by atoms with E-state index in [-0.39, 0.29) is 36.6 Å². The van der Waals surface area contributed by atoms with Crippen LogP contribution in [0.15, 0.2) is 12.1 Å². The molecule has 0 aromatic heterocycles. The number of benzene rings is 1. The molecule has 0 fully saturated rings. The fraction of sp³-hybridized carbons (Fsp3) is 0.524. The van der Waals surface area contributed by atoms with Crippen molar-refractivity contribution in [3.63, 3.8) is 0 Å². The molecule has 0 bridgehead atoms. The van der Waals surface area contributed by atoms with Crippen LogP contribution in [0, 0.1) is 0 Å². The number of rotatable bonds is 11. The molecule has 158 valence electrons. The summed E-state index contributed by atoms with van der Waals surface area (Å²) in [5.74, 6) is -1.42. The molecule has 0 atom stereocenters. The summed E-state index contributed by atoms with van der Waals surface area (Å²) in [6, 6.07) is 2.95. The van der Waals surface area contributed by atoms with Crippen molar-refractivity contribution in [3.8, 4) is 5.75 Å². The van der Waals surface area contributed by atoms with Gasteiger partial charge in [0.2, 0.25) is 5.91 Å². The van der Waals surface area contributed by atoms with Crippen LogP contribution in [0.5, 0.6) is 5.75 Å². The van der Waals surface area contributed by atoms with E-state index in [4.69, 9.17) is 9.47 Å². The van der Waals surface area contributed by atoms with Gasteiger partial charge in [0, 0.05) is 13.5 Å². The minimum absolute atomic E-state index is 0.0616. The Bertz CT molecular complexity index is 790. The Morgan fingerprint density at radius 3 is 2.34 bits per heavy atom. The van der Waals surface area contributed by atoms with Crippen molar-refractivity contribution < 1.29 is 28.7 Å². The molecule has 29 heavy (non-hydrogen) atoms. The topological polar surface area (TPSA) is 102 Å². The van der Waals surface area contributed by atoms with Crippen LogP contribution in [0.3, 0.4) is 0 Å². The highest BCUT2D eigenvalue weighted by molar-refractivity contribution is 6.22. The average molecular weight is 404 g/mol. The van der Waals surface area contributed by atoms with E-state index in [9.17, 15) is 19.2 Å². The van der Waals surface area contributed by atoms with Crippen molar-refractivity contribution >= 4 is 29.4 Å². The maximum absolute atomic E-state index is 12.7. The second-order valence-electron chi connectivity index (χ2n) is 6.80. The van der Waals surface area contributed by atoms with Crippen LogP contribution >= 0.6 is 0 Å². The number of nitrogens with one attached hydrogen (secondary N) is 1. The van der Waals surface area contributed by atoms with Crippen molar-refractivity contribution in [2.24, 2.45) is 0 Å². The first-order valence-electron chi connectivity index (χ1n) is 9.99. The Balaban J connectivity index is 2.19. The number of carbonyl (C=O) groups is 4. The molecule has 1 heterocycles. The van der Waals surface area contributed by atoms with E-state index in [2.05, 4.69) is 12.2 Å². The molecule has 8 heteroatoms. The van der Waals surface area contributed by atoms with Gasteiger partial charge in [-0.25, -0.2) is 0 Å². The summed E-state index contributed by atoms with van der Waals surface area (Å²) in [4.78, 5) is 49.5. The van der Waals surface area contributed by atoms with Gasteiger partial charge in [-0.1, -0.05) is 26.2 Å². The number of imide groups is 1. The van der Waals surface area contributed by atoms with Gasteiger partial charge in [0.25, 0.3) is 11.8 Å². The molecule has 3 amide bonds. The quantitative estimate of drug-likeness (QED) is 0.345. The molecular formula is C21H28N2O6.